The van der Waals surface area contributed by atoms with Gasteiger partial charge in [-0.05, 0) is 62.9 Å². The number of carbonyl (C=O) groups excluding carboxylic acids is 2. The number of aryl methyl sites for hydroxylation is 1. The van der Waals surface area contributed by atoms with E-state index < -0.39 is 5.41 Å². The van der Waals surface area contributed by atoms with Crippen LogP contribution in [0.3, 0.4) is 0 Å². The molecule has 0 bridgehead atoms. The largest absolute Gasteiger partial charge is 0.337 e. The molecule has 1 aliphatic heterocycles. The maximum absolute atomic E-state index is 13.3. The molecular formula is C23H28N2O2. The second-order valence-electron chi connectivity index (χ2n) is 7.76. The predicted molar refractivity (Wildman–Crippen MR) is 109 cm³/mol. The molecule has 4 heteroatoms. The van der Waals surface area contributed by atoms with Gasteiger partial charge in [0.15, 0.2) is 0 Å². The summed E-state index contributed by atoms with van der Waals surface area (Å²) in [7, 11) is 0. The first kappa shape index (κ1) is 19.2. The summed E-state index contributed by atoms with van der Waals surface area (Å²) in [5, 5.41) is 0. The molecular weight excluding hydrogens is 336 g/mol. The fraction of sp³-hybridized carbons (Fsp3) is 0.391. The van der Waals surface area contributed by atoms with E-state index >= 15 is 0 Å². The van der Waals surface area contributed by atoms with Gasteiger partial charge in [0.2, 0.25) is 11.8 Å². The van der Waals surface area contributed by atoms with E-state index in [2.05, 4.69) is 12.1 Å². The highest BCUT2D eigenvalue weighted by Crippen LogP contribution is 2.29. The molecule has 2 aromatic carbocycles. The third-order valence-corrected chi connectivity index (χ3v) is 5.36. The van der Waals surface area contributed by atoms with Crippen LogP contribution in [0.5, 0.6) is 0 Å². The second-order valence-corrected chi connectivity index (χ2v) is 7.76. The average Bonchev–Trinajstić information content (AvgIpc) is 2.67. The van der Waals surface area contributed by atoms with Crippen molar-refractivity contribution >= 4 is 17.5 Å². The minimum absolute atomic E-state index is 0.104. The van der Waals surface area contributed by atoms with Crippen molar-refractivity contribution in [2.24, 2.45) is 5.41 Å². The molecule has 4 nitrogen and oxygen atoms in total. The number of hydrogen-bond acceptors (Lipinski definition) is 2. The maximum atomic E-state index is 13.3. The first-order chi connectivity index (χ1) is 12.8. The molecule has 0 saturated heterocycles. The normalized spacial score (nSPS) is 13.9. The minimum Gasteiger partial charge on any atom is -0.337 e. The van der Waals surface area contributed by atoms with Crippen LogP contribution in [-0.4, -0.2) is 29.8 Å². The predicted octanol–water partition coefficient (Wildman–Crippen LogP) is 3.96. The number of amides is 2. The number of fused-ring (bicyclic) bond motifs is 1. The van der Waals surface area contributed by atoms with Crippen molar-refractivity contribution in [3.05, 3.63) is 65.2 Å². The first-order valence-electron chi connectivity index (χ1n) is 9.59. The van der Waals surface area contributed by atoms with E-state index in [0.717, 1.165) is 17.7 Å². The van der Waals surface area contributed by atoms with E-state index in [1.165, 1.54) is 11.1 Å². The molecule has 142 valence electrons. The van der Waals surface area contributed by atoms with E-state index in [1.54, 1.807) is 18.7 Å². The van der Waals surface area contributed by atoms with E-state index in [0.29, 0.717) is 19.6 Å². The van der Waals surface area contributed by atoms with Gasteiger partial charge in [0.05, 0.1) is 0 Å². The summed E-state index contributed by atoms with van der Waals surface area (Å²) < 4.78 is 0. The van der Waals surface area contributed by atoms with Crippen molar-refractivity contribution in [2.75, 3.05) is 18.0 Å². The van der Waals surface area contributed by atoms with E-state index in [4.69, 9.17) is 0 Å². The summed E-state index contributed by atoms with van der Waals surface area (Å²) in [6, 6.07) is 16.1. The van der Waals surface area contributed by atoms with Crippen LogP contribution in [0.1, 0.15) is 37.5 Å². The lowest BCUT2D eigenvalue weighted by atomic mass is 9.87. The van der Waals surface area contributed by atoms with Crippen molar-refractivity contribution < 1.29 is 9.59 Å². The molecule has 1 heterocycles. The Morgan fingerprint density at radius 1 is 1.07 bits per heavy atom. The molecule has 2 amide bonds. The number of rotatable bonds is 4. The first-order valence-corrected chi connectivity index (χ1v) is 9.59. The number of benzene rings is 2. The SMILES string of the molecule is CCN(C(=O)C(C)(C)C(=O)N1CCc2ccccc2C1)c1cccc(C)c1. The Kier molecular flexibility index (Phi) is 5.36. The molecule has 1 aliphatic rings. The van der Waals surface area contributed by atoms with Gasteiger partial charge in [-0.1, -0.05) is 36.4 Å². The monoisotopic (exact) mass is 364 g/mol. The molecule has 3 rings (SSSR count). The fourth-order valence-electron chi connectivity index (χ4n) is 3.73. The Labute approximate surface area is 161 Å². The topological polar surface area (TPSA) is 40.6 Å². The van der Waals surface area contributed by atoms with Crippen molar-refractivity contribution in [2.45, 2.75) is 40.7 Å². The van der Waals surface area contributed by atoms with Gasteiger partial charge in [0.25, 0.3) is 0 Å². The van der Waals surface area contributed by atoms with Crippen LogP contribution in [0.15, 0.2) is 48.5 Å². The molecule has 0 radical (unpaired) electrons. The lowest BCUT2D eigenvalue weighted by Gasteiger charge is -2.37. The van der Waals surface area contributed by atoms with Crippen LogP contribution >= 0.6 is 0 Å². The van der Waals surface area contributed by atoms with Gasteiger partial charge in [-0.25, -0.2) is 0 Å². The van der Waals surface area contributed by atoms with Gasteiger partial charge >= 0.3 is 0 Å². The van der Waals surface area contributed by atoms with Gasteiger partial charge in [-0.15, -0.1) is 0 Å². The smallest absolute Gasteiger partial charge is 0.242 e. The highest BCUT2D eigenvalue weighted by molar-refractivity contribution is 6.11. The molecule has 0 atom stereocenters. The van der Waals surface area contributed by atoms with Crippen molar-refractivity contribution in [3.8, 4) is 0 Å². The zero-order chi connectivity index (χ0) is 19.6. The fourth-order valence-corrected chi connectivity index (χ4v) is 3.73. The average molecular weight is 364 g/mol. The molecule has 2 aromatic rings. The summed E-state index contributed by atoms with van der Waals surface area (Å²) in [5.74, 6) is -0.257. The summed E-state index contributed by atoms with van der Waals surface area (Å²) in [6.07, 6.45) is 0.835. The number of nitrogens with zero attached hydrogens (tertiary/aromatic N) is 2. The summed E-state index contributed by atoms with van der Waals surface area (Å²) in [5.41, 5.74) is 3.29. The van der Waals surface area contributed by atoms with Crippen LogP contribution in [0.25, 0.3) is 0 Å². The zero-order valence-corrected chi connectivity index (χ0v) is 16.7. The quantitative estimate of drug-likeness (QED) is 0.771. The summed E-state index contributed by atoms with van der Waals surface area (Å²) in [6.45, 7) is 9.20. The molecule has 0 fully saturated rings. The molecule has 0 aliphatic carbocycles. The third kappa shape index (κ3) is 3.75. The van der Waals surface area contributed by atoms with Crippen LogP contribution in [0.4, 0.5) is 5.69 Å². The van der Waals surface area contributed by atoms with Gasteiger partial charge in [-0.2, -0.15) is 0 Å². The number of anilines is 1. The molecule has 27 heavy (non-hydrogen) atoms. The van der Waals surface area contributed by atoms with Crippen molar-refractivity contribution in [1.82, 2.24) is 4.90 Å². The Balaban J connectivity index is 1.82. The van der Waals surface area contributed by atoms with Crippen molar-refractivity contribution in [1.29, 1.82) is 0 Å². The maximum Gasteiger partial charge on any atom is 0.242 e. The van der Waals surface area contributed by atoms with Gasteiger partial charge < -0.3 is 9.80 Å². The summed E-state index contributed by atoms with van der Waals surface area (Å²) in [4.78, 5) is 30.1. The Morgan fingerprint density at radius 3 is 2.44 bits per heavy atom. The standard InChI is InChI=1S/C23H28N2O2/c1-5-25(20-12-8-9-17(2)15-20)22(27)23(3,4)21(26)24-14-13-18-10-6-7-11-19(18)16-24/h6-12,15H,5,13-14,16H2,1-4H3. The Hall–Kier alpha value is -2.62. The molecule has 0 aromatic heterocycles. The molecule has 0 saturated carbocycles. The molecule has 0 N–H and O–H groups in total. The van der Waals surface area contributed by atoms with Crippen LogP contribution < -0.4 is 4.90 Å². The van der Waals surface area contributed by atoms with E-state index in [9.17, 15) is 9.59 Å². The van der Waals surface area contributed by atoms with Crippen LogP contribution in [0.2, 0.25) is 0 Å². The van der Waals surface area contributed by atoms with E-state index in [-0.39, 0.29) is 11.8 Å². The summed E-state index contributed by atoms with van der Waals surface area (Å²) >= 11 is 0. The highest BCUT2D eigenvalue weighted by Gasteiger charge is 2.42. The van der Waals surface area contributed by atoms with Gasteiger partial charge in [0.1, 0.15) is 5.41 Å². The van der Waals surface area contributed by atoms with Gasteiger partial charge in [-0.3, -0.25) is 9.59 Å². The van der Waals surface area contributed by atoms with E-state index in [1.807, 2.05) is 55.1 Å². The Morgan fingerprint density at radius 2 is 1.78 bits per heavy atom. The lowest BCUT2D eigenvalue weighted by molar-refractivity contribution is -0.148. The number of carbonyl (C=O) groups is 2. The lowest BCUT2D eigenvalue weighted by Crippen LogP contribution is -2.52. The Bertz CT molecular complexity index is 857. The van der Waals surface area contributed by atoms with Gasteiger partial charge in [0, 0.05) is 25.3 Å². The zero-order valence-electron chi connectivity index (χ0n) is 16.7. The minimum atomic E-state index is -1.11. The third-order valence-electron chi connectivity index (χ3n) is 5.36. The second kappa shape index (κ2) is 7.55. The van der Waals surface area contributed by atoms with Crippen LogP contribution in [0, 0.1) is 12.3 Å². The molecule has 0 unspecified atom stereocenters. The van der Waals surface area contributed by atoms with Crippen molar-refractivity contribution in [3.63, 3.8) is 0 Å². The molecule has 0 spiro atoms. The number of hydrogen-bond donors (Lipinski definition) is 0. The van der Waals surface area contributed by atoms with Crippen LogP contribution in [-0.2, 0) is 22.6 Å². The highest BCUT2D eigenvalue weighted by atomic mass is 16.2.